The van der Waals surface area contributed by atoms with Crippen molar-refractivity contribution in [1.29, 1.82) is 0 Å². The fraction of sp³-hybridized carbons (Fsp3) is 1.00. The lowest BCUT2D eigenvalue weighted by Gasteiger charge is -2.46. The van der Waals surface area contributed by atoms with Crippen molar-refractivity contribution in [3.63, 3.8) is 0 Å². The number of nitrogens with zero attached hydrogens (tertiary/aromatic N) is 1. The van der Waals surface area contributed by atoms with Gasteiger partial charge < -0.3 is 5.32 Å². The number of nitrogens with one attached hydrogen (secondary N) is 1. The van der Waals surface area contributed by atoms with Crippen molar-refractivity contribution in [2.45, 2.75) is 78.3 Å². The lowest BCUT2D eigenvalue weighted by molar-refractivity contribution is 0.0479. The van der Waals surface area contributed by atoms with Crippen LogP contribution in [0.3, 0.4) is 0 Å². The number of rotatable bonds is 5. The Kier molecular flexibility index (Phi) is 5.30. The first-order chi connectivity index (χ1) is 9.10. The first-order valence-electron chi connectivity index (χ1n) is 8.57. The van der Waals surface area contributed by atoms with Crippen molar-refractivity contribution < 1.29 is 0 Å². The van der Waals surface area contributed by atoms with Crippen LogP contribution >= 0.6 is 0 Å². The fourth-order valence-corrected chi connectivity index (χ4v) is 4.19. The molecule has 2 fully saturated rings. The first kappa shape index (κ1) is 15.3. The summed E-state index contributed by atoms with van der Waals surface area (Å²) in [4.78, 5) is 2.84. The van der Waals surface area contributed by atoms with Gasteiger partial charge >= 0.3 is 0 Å². The van der Waals surface area contributed by atoms with E-state index in [0.29, 0.717) is 11.5 Å². The second kappa shape index (κ2) is 6.58. The molecule has 1 aliphatic carbocycles. The highest BCUT2D eigenvalue weighted by Crippen LogP contribution is 2.42. The standard InChI is InChI=1S/C17H34N2/c1-5-15-12-19(16(11-18-15)14(3)4)13-17(6-2)9-7-8-10-17/h14-16,18H,5-13H2,1-4H3. The SMILES string of the molecule is CCC1CN(CC2(CC)CCCC2)C(C(C)C)CN1. The molecule has 0 aromatic rings. The molecule has 0 radical (unpaired) electrons. The van der Waals surface area contributed by atoms with Crippen LogP contribution in [-0.4, -0.2) is 36.6 Å². The molecule has 2 rings (SSSR count). The van der Waals surface area contributed by atoms with Gasteiger partial charge in [0.2, 0.25) is 0 Å². The summed E-state index contributed by atoms with van der Waals surface area (Å²) < 4.78 is 0. The number of piperazine rings is 1. The van der Waals surface area contributed by atoms with Crippen molar-refractivity contribution in [2.75, 3.05) is 19.6 Å². The van der Waals surface area contributed by atoms with E-state index in [2.05, 4.69) is 37.9 Å². The Morgan fingerprint density at radius 3 is 2.42 bits per heavy atom. The van der Waals surface area contributed by atoms with Gasteiger partial charge in [-0.15, -0.1) is 0 Å². The summed E-state index contributed by atoms with van der Waals surface area (Å²) in [6.45, 7) is 13.3. The van der Waals surface area contributed by atoms with Gasteiger partial charge in [-0.25, -0.2) is 0 Å². The van der Waals surface area contributed by atoms with Gasteiger partial charge in [0.15, 0.2) is 0 Å². The van der Waals surface area contributed by atoms with Gasteiger partial charge in [-0.05, 0) is 37.0 Å². The molecule has 1 heterocycles. The molecular formula is C17H34N2. The van der Waals surface area contributed by atoms with E-state index in [4.69, 9.17) is 0 Å². The minimum Gasteiger partial charge on any atom is -0.311 e. The summed E-state index contributed by atoms with van der Waals surface area (Å²) >= 11 is 0. The molecule has 2 atom stereocenters. The third-order valence-electron chi connectivity index (χ3n) is 5.75. The molecule has 0 aromatic carbocycles. The van der Waals surface area contributed by atoms with E-state index < -0.39 is 0 Å². The van der Waals surface area contributed by atoms with E-state index in [1.54, 1.807) is 0 Å². The van der Waals surface area contributed by atoms with Gasteiger partial charge in [-0.1, -0.05) is 40.5 Å². The highest BCUT2D eigenvalue weighted by molar-refractivity contribution is 4.93. The zero-order chi connectivity index (χ0) is 13.9. The second-order valence-electron chi connectivity index (χ2n) is 7.31. The van der Waals surface area contributed by atoms with Gasteiger partial charge in [0.1, 0.15) is 0 Å². The molecule has 0 amide bonds. The van der Waals surface area contributed by atoms with Crippen LogP contribution in [0.15, 0.2) is 0 Å². The van der Waals surface area contributed by atoms with E-state index >= 15 is 0 Å². The summed E-state index contributed by atoms with van der Waals surface area (Å²) in [5, 5.41) is 3.74. The topological polar surface area (TPSA) is 15.3 Å². The van der Waals surface area contributed by atoms with Crippen molar-refractivity contribution in [3.05, 3.63) is 0 Å². The van der Waals surface area contributed by atoms with E-state index in [-0.39, 0.29) is 0 Å². The van der Waals surface area contributed by atoms with Crippen LogP contribution in [0.1, 0.15) is 66.2 Å². The molecule has 2 nitrogen and oxygen atoms in total. The third-order valence-corrected chi connectivity index (χ3v) is 5.75. The average molecular weight is 266 g/mol. The zero-order valence-electron chi connectivity index (χ0n) is 13.5. The second-order valence-corrected chi connectivity index (χ2v) is 7.31. The number of hydrogen-bond acceptors (Lipinski definition) is 2. The molecule has 1 saturated heterocycles. The molecule has 1 N–H and O–H groups in total. The highest BCUT2D eigenvalue weighted by atomic mass is 15.2. The molecule has 112 valence electrons. The Labute approximate surface area is 120 Å². The molecular weight excluding hydrogens is 232 g/mol. The van der Waals surface area contributed by atoms with E-state index in [9.17, 15) is 0 Å². The molecule has 0 bridgehead atoms. The minimum absolute atomic E-state index is 0.642. The number of hydrogen-bond donors (Lipinski definition) is 1. The summed E-state index contributed by atoms with van der Waals surface area (Å²) in [5.41, 5.74) is 0.642. The smallest absolute Gasteiger partial charge is 0.0244 e. The van der Waals surface area contributed by atoms with Crippen LogP contribution in [0.25, 0.3) is 0 Å². The van der Waals surface area contributed by atoms with Crippen LogP contribution in [0.5, 0.6) is 0 Å². The lowest BCUT2D eigenvalue weighted by Crippen LogP contribution is -2.59. The fourth-order valence-electron chi connectivity index (χ4n) is 4.19. The Bertz CT molecular complexity index is 268. The predicted molar refractivity (Wildman–Crippen MR) is 83.5 cm³/mol. The molecule has 19 heavy (non-hydrogen) atoms. The van der Waals surface area contributed by atoms with Crippen LogP contribution in [0.2, 0.25) is 0 Å². The van der Waals surface area contributed by atoms with Gasteiger partial charge in [0.05, 0.1) is 0 Å². The molecule has 0 spiro atoms. The largest absolute Gasteiger partial charge is 0.311 e. The van der Waals surface area contributed by atoms with E-state index in [1.165, 1.54) is 58.2 Å². The molecule has 1 saturated carbocycles. The summed E-state index contributed by atoms with van der Waals surface area (Å²) in [7, 11) is 0. The Morgan fingerprint density at radius 1 is 1.21 bits per heavy atom. The van der Waals surface area contributed by atoms with Gasteiger partial charge in [0.25, 0.3) is 0 Å². The van der Waals surface area contributed by atoms with Crippen molar-refractivity contribution >= 4 is 0 Å². The molecule has 2 unspecified atom stereocenters. The Balaban J connectivity index is 2.04. The summed E-state index contributed by atoms with van der Waals surface area (Å²) in [6, 6.07) is 1.46. The van der Waals surface area contributed by atoms with Crippen LogP contribution in [0, 0.1) is 11.3 Å². The summed E-state index contributed by atoms with van der Waals surface area (Å²) in [6.07, 6.45) is 8.50. The third kappa shape index (κ3) is 3.52. The van der Waals surface area contributed by atoms with E-state index in [1.807, 2.05) is 0 Å². The van der Waals surface area contributed by atoms with Crippen molar-refractivity contribution in [1.82, 2.24) is 10.2 Å². The maximum atomic E-state index is 3.74. The predicted octanol–water partition coefficient (Wildman–Crippen LogP) is 3.67. The van der Waals surface area contributed by atoms with Gasteiger partial charge in [-0.2, -0.15) is 0 Å². The van der Waals surface area contributed by atoms with Crippen LogP contribution in [0.4, 0.5) is 0 Å². The molecule has 2 heteroatoms. The van der Waals surface area contributed by atoms with E-state index in [0.717, 1.165) is 12.0 Å². The van der Waals surface area contributed by atoms with Gasteiger partial charge in [0, 0.05) is 31.7 Å². The lowest BCUT2D eigenvalue weighted by atomic mass is 9.81. The Morgan fingerprint density at radius 2 is 1.89 bits per heavy atom. The Hall–Kier alpha value is -0.0800. The normalized spacial score (nSPS) is 32.1. The summed E-state index contributed by atoms with van der Waals surface area (Å²) in [5.74, 6) is 0.764. The monoisotopic (exact) mass is 266 g/mol. The maximum absolute atomic E-state index is 3.74. The highest BCUT2D eigenvalue weighted by Gasteiger charge is 2.38. The van der Waals surface area contributed by atoms with Gasteiger partial charge in [-0.3, -0.25) is 4.90 Å². The maximum Gasteiger partial charge on any atom is 0.0244 e. The minimum atomic E-state index is 0.642. The molecule has 0 aromatic heterocycles. The molecule has 2 aliphatic rings. The average Bonchev–Trinajstić information content (AvgIpc) is 2.87. The van der Waals surface area contributed by atoms with Crippen molar-refractivity contribution in [2.24, 2.45) is 11.3 Å². The quantitative estimate of drug-likeness (QED) is 0.817. The van der Waals surface area contributed by atoms with Crippen LogP contribution < -0.4 is 5.32 Å². The van der Waals surface area contributed by atoms with Crippen LogP contribution in [-0.2, 0) is 0 Å². The van der Waals surface area contributed by atoms with Crippen molar-refractivity contribution in [3.8, 4) is 0 Å². The first-order valence-corrected chi connectivity index (χ1v) is 8.57. The molecule has 1 aliphatic heterocycles. The zero-order valence-corrected chi connectivity index (χ0v) is 13.5.